The largest absolute Gasteiger partial charge is 0.359 e. The molecule has 0 aromatic rings. The minimum absolute atomic E-state index is 0.0463. The number of carbonyl (C=O) groups is 1. The molecule has 72 valence electrons. The summed E-state index contributed by atoms with van der Waals surface area (Å²) in [5.41, 5.74) is 5.66. The predicted octanol–water partition coefficient (Wildman–Crippen LogP) is 0.743. The van der Waals surface area contributed by atoms with Crippen LogP contribution in [-0.2, 0) is 4.79 Å². The van der Waals surface area contributed by atoms with Crippen molar-refractivity contribution in [2.24, 2.45) is 17.1 Å². The lowest BCUT2D eigenvalue weighted by Gasteiger charge is -2.23. The van der Waals surface area contributed by atoms with Crippen molar-refractivity contribution in [3.8, 4) is 0 Å². The molecular formula is C9H20N2O. The first-order valence-corrected chi connectivity index (χ1v) is 4.32. The van der Waals surface area contributed by atoms with Crippen LogP contribution < -0.4 is 11.1 Å². The molecule has 12 heavy (non-hydrogen) atoms. The highest BCUT2D eigenvalue weighted by molar-refractivity contribution is 5.78. The summed E-state index contributed by atoms with van der Waals surface area (Å²) in [6.45, 7) is 6.76. The number of hydrogen-bond acceptors (Lipinski definition) is 2. The second kappa shape index (κ2) is 4.45. The van der Waals surface area contributed by atoms with Gasteiger partial charge in [-0.2, -0.15) is 0 Å². The molecule has 1 unspecified atom stereocenters. The molecule has 0 rings (SSSR count). The van der Waals surface area contributed by atoms with Gasteiger partial charge in [0.05, 0.1) is 5.92 Å². The third-order valence-electron chi connectivity index (χ3n) is 1.76. The predicted molar refractivity (Wildman–Crippen MR) is 50.7 cm³/mol. The molecule has 0 aliphatic rings. The SMILES string of the molecule is CNC(=O)C(CN)CC(C)(C)C. The lowest BCUT2D eigenvalue weighted by atomic mass is 9.84. The standard InChI is InChI=1S/C9H20N2O/c1-9(2,3)5-7(6-10)8(12)11-4/h7H,5-6,10H2,1-4H3,(H,11,12). The van der Waals surface area contributed by atoms with Crippen molar-refractivity contribution in [1.82, 2.24) is 5.32 Å². The number of hydrogen-bond donors (Lipinski definition) is 2. The minimum Gasteiger partial charge on any atom is -0.359 e. The van der Waals surface area contributed by atoms with Crippen LogP contribution in [0.25, 0.3) is 0 Å². The van der Waals surface area contributed by atoms with E-state index in [9.17, 15) is 4.79 Å². The monoisotopic (exact) mass is 172 g/mol. The van der Waals surface area contributed by atoms with Gasteiger partial charge in [0.1, 0.15) is 0 Å². The maximum atomic E-state index is 11.2. The van der Waals surface area contributed by atoms with E-state index < -0.39 is 0 Å². The Morgan fingerprint density at radius 3 is 2.25 bits per heavy atom. The zero-order valence-electron chi connectivity index (χ0n) is 8.48. The van der Waals surface area contributed by atoms with Crippen LogP contribution in [0.1, 0.15) is 27.2 Å². The number of rotatable bonds is 3. The topological polar surface area (TPSA) is 55.1 Å². The summed E-state index contributed by atoms with van der Waals surface area (Å²) in [6, 6.07) is 0. The van der Waals surface area contributed by atoms with Crippen LogP contribution in [0.2, 0.25) is 0 Å². The van der Waals surface area contributed by atoms with Gasteiger partial charge in [0.25, 0.3) is 0 Å². The maximum absolute atomic E-state index is 11.2. The van der Waals surface area contributed by atoms with Crippen molar-refractivity contribution in [3.05, 3.63) is 0 Å². The van der Waals surface area contributed by atoms with Crippen molar-refractivity contribution in [2.45, 2.75) is 27.2 Å². The molecule has 3 nitrogen and oxygen atoms in total. The molecule has 0 aliphatic heterocycles. The van der Waals surface area contributed by atoms with E-state index in [1.807, 2.05) is 0 Å². The summed E-state index contributed by atoms with van der Waals surface area (Å²) in [5, 5.41) is 2.62. The van der Waals surface area contributed by atoms with Crippen LogP contribution in [-0.4, -0.2) is 19.5 Å². The smallest absolute Gasteiger partial charge is 0.224 e. The number of nitrogens with two attached hydrogens (primary N) is 1. The van der Waals surface area contributed by atoms with Gasteiger partial charge < -0.3 is 11.1 Å². The molecule has 0 fully saturated rings. The highest BCUT2D eigenvalue weighted by Crippen LogP contribution is 2.23. The van der Waals surface area contributed by atoms with Gasteiger partial charge in [-0.3, -0.25) is 4.79 Å². The molecule has 0 saturated heterocycles. The Kier molecular flexibility index (Phi) is 4.24. The van der Waals surface area contributed by atoms with Crippen LogP contribution in [0.15, 0.2) is 0 Å². The number of amides is 1. The van der Waals surface area contributed by atoms with Gasteiger partial charge in [-0.15, -0.1) is 0 Å². The quantitative estimate of drug-likeness (QED) is 0.660. The third-order valence-corrected chi connectivity index (χ3v) is 1.76. The Labute approximate surface area is 74.7 Å². The fourth-order valence-electron chi connectivity index (χ4n) is 1.23. The van der Waals surface area contributed by atoms with Crippen LogP contribution in [0.4, 0.5) is 0 Å². The molecule has 0 bridgehead atoms. The molecule has 0 heterocycles. The average molecular weight is 172 g/mol. The summed E-state index contributed by atoms with van der Waals surface area (Å²) in [6.07, 6.45) is 0.836. The van der Waals surface area contributed by atoms with E-state index in [0.29, 0.717) is 6.54 Å². The summed E-state index contributed by atoms with van der Waals surface area (Å²) >= 11 is 0. The Morgan fingerprint density at radius 1 is 1.50 bits per heavy atom. The van der Waals surface area contributed by atoms with Gasteiger partial charge in [-0.05, 0) is 11.8 Å². The van der Waals surface area contributed by atoms with Gasteiger partial charge in [0.15, 0.2) is 0 Å². The van der Waals surface area contributed by atoms with Crippen molar-refractivity contribution < 1.29 is 4.79 Å². The molecule has 3 N–H and O–H groups in total. The molecule has 1 atom stereocenters. The van der Waals surface area contributed by atoms with E-state index in [1.54, 1.807) is 7.05 Å². The summed E-state index contributed by atoms with van der Waals surface area (Å²) in [4.78, 5) is 11.2. The van der Waals surface area contributed by atoms with Gasteiger partial charge in [0, 0.05) is 13.6 Å². The Morgan fingerprint density at radius 2 is 2.00 bits per heavy atom. The van der Waals surface area contributed by atoms with Crippen LogP contribution in [0.3, 0.4) is 0 Å². The van der Waals surface area contributed by atoms with E-state index >= 15 is 0 Å². The molecular weight excluding hydrogens is 152 g/mol. The lowest BCUT2D eigenvalue weighted by molar-refractivity contribution is -0.125. The van der Waals surface area contributed by atoms with Crippen LogP contribution in [0, 0.1) is 11.3 Å². The zero-order chi connectivity index (χ0) is 9.78. The Balaban J connectivity index is 4.09. The summed E-state index contributed by atoms with van der Waals surface area (Å²) < 4.78 is 0. The van der Waals surface area contributed by atoms with Crippen LogP contribution in [0.5, 0.6) is 0 Å². The Hall–Kier alpha value is -0.570. The van der Waals surface area contributed by atoms with E-state index in [1.165, 1.54) is 0 Å². The van der Waals surface area contributed by atoms with E-state index in [2.05, 4.69) is 26.1 Å². The molecule has 0 radical (unpaired) electrons. The number of nitrogens with one attached hydrogen (secondary N) is 1. The third kappa shape index (κ3) is 4.34. The lowest BCUT2D eigenvalue weighted by Crippen LogP contribution is -2.35. The molecule has 3 heteroatoms. The summed E-state index contributed by atoms with van der Waals surface area (Å²) in [5.74, 6) is 0.00225. The minimum atomic E-state index is -0.0463. The molecule has 0 aromatic heterocycles. The highest BCUT2D eigenvalue weighted by atomic mass is 16.1. The van der Waals surface area contributed by atoms with Gasteiger partial charge in [-0.1, -0.05) is 20.8 Å². The fourth-order valence-corrected chi connectivity index (χ4v) is 1.23. The molecule has 0 aliphatic carbocycles. The van der Waals surface area contributed by atoms with E-state index in [-0.39, 0.29) is 17.2 Å². The second-order valence-electron chi connectivity index (χ2n) is 4.31. The van der Waals surface area contributed by atoms with Crippen molar-refractivity contribution >= 4 is 5.91 Å². The maximum Gasteiger partial charge on any atom is 0.224 e. The number of carbonyl (C=O) groups excluding carboxylic acids is 1. The summed E-state index contributed by atoms with van der Waals surface area (Å²) in [7, 11) is 1.65. The first-order chi connectivity index (χ1) is 5.40. The normalized spacial score (nSPS) is 14.1. The van der Waals surface area contributed by atoms with Gasteiger partial charge >= 0.3 is 0 Å². The van der Waals surface area contributed by atoms with Crippen molar-refractivity contribution in [1.29, 1.82) is 0 Å². The molecule has 0 spiro atoms. The molecule has 1 amide bonds. The van der Waals surface area contributed by atoms with Crippen LogP contribution >= 0.6 is 0 Å². The highest BCUT2D eigenvalue weighted by Gasteiger charge is 2.22. The average Bonchev–Trinajstić information content (AvgIpc) is 1.97. The zero-order valence-corrected chi connectivity index (χ0v) is 8.48. The second-order valence-corrected chi connectivity index (χ2v) is 4.31. The van der Waals surface area contributed by atoms with E-state index in [0.717, 1.165) is 6.42 Å². The molecule has 0 saturated carbocycles. The first kappa shape index (κ1) is 11.4. The van der Waals surface area contributed by atoms with Crippen molar-refractivity contribution in [3.63, 3.8) is 0 Å². The van der Waals surface area contributed by atoms with Crippen molar-refractivity contribution in [2.75, 3.05) is 13.6 Å². The van der Waals surface area contributed by atoms with Gasteiger partial charge in [0.2, 0.25) is 5.91 Å². The first-order valence-electron chi connectivity index (χ1n) is 4.32. The Bertz CT molecular complexity index is 149. The fraction of sp³-hybridized carbons (Fsp3) is 0.889. The van der Waals surface area contributed by atoms with E-state index in [4.69, 9.17) is 5.73 Å². The molecule has 0 aromatic carbocycles. The van der Waals surface area contributed by atoms with Gasteiger partial charge in [-0.25, -0.2) is 0 Å².